The van der Waals surface area contributed by atoms with Gasteiger partial charge in [-0.15, -0.1) is 0 Å². The molecule has 2 rings (SSSR count). The number of ether oxygens (including phenoxy) is 1. The van der Waals surface area contributed by atoms with Crippen molar-refractivity contribution in [3.8, 4) is 5.75 Å². The highest BCUT2D eigenvalue weighted by atomic mass is 32.2. The number of rotatable bonds is 10. The first-order valence-corrected chi connectivity index (χ1v) is 12.5. The normalized spacial score (nSPS) is 18.4. The summed E-state index contributed by atoms with van der Waals surface area (Å²) in [7, 11) is -3.18. The van der Waals surface area contributed by atoms with Crippen molar-refractivity contribution in [2.24, 2.45) is 4.99 Å². The summed E-state index contributed by atoms with van der Waals surface area (Å²) in [5, 5.41) is 6.56. The number of sulfone groups is 1. The predicted molar refractivity (Wildman–Crippen MR) is 119 cm³/mol. The van der Waals surface area contributed by atoms with Gasteiger partial charge in [-0.05, 0) is 57.0 Å². The Morgan fingerprint density at radius 2 is 1.97 bits per heavy atom. The first kappa shape index (κ1) is 23.5. The molecule has 1 atom stereocenters. The van der Waals surface area contributed by atoms with Crippen LogP contribution in [0.15, 0.2) is 34.2 Å². The van der Waals surface area contributed by atoms with E-state index in [-0.39, 0.29) is 0 Å². The lowest BCUT2D eigenvalue weighted by Gasteiger charge is -2.34. The molecule has 0 spiro atoms. The lowest BCUT2D eigenvalue weighted by atomic mass is 10.0. The molecule has 29 heavy (non-hydrogen) atoms. The predicted octanol–water partition coefficient (Wildman–Crippen LogP) is 2.29. The molecule has 0 aliphatic carbocycles. The Morgan fingerprint density at radius 3 is 2.62 bits per heavy atom. The maximum Gasteiger partial charge on any atom is 0.191 e. The van der Waals surface area contributed by atoms with E-state index in [0.29, 0.717) is 29.8 Å². The van der Waals surface area contributed by atoms with Crippen molar-refractivity contribution in [3.05, 3.63) is 24.3 Å². The van der Waals surface area contributed by atoms with Crippen molar-refractivity contribution >= 4 is 15.8 Å². The van der Waals surface area contributed by atoms with Crippen molar-refractivity contribution in [2.45, 2.75) is 50.5 Å². The van der Waals surface area contributed by atoms with Crippen LogP contribution in [0.4, 0.5) is 0 Å². The van der Waals surface area contributed by atoms with Gasteiger partial charge in [0.1, 0.15) is 12.4 Å². The lowest BCUT2D eigenvalue weighted by molar-refractivity contribution is 0.148. The van der Waals surface area contributed by atoms with Gasteiger partial charge in [-0.3, -0.25) is 9.89 Å². The van der Waals surface area contributed by atoms with E-state index in [1.165, 1.54) is 38.5 Å². The van der Waals surface area contributed by atoms with Gasteiger partial charge in [0.05, 0.1) is 18.0 Å². The molecular weight excluding hydrogens is 388 g/mol. The number of likely N-dealkylation sites (tertiary alicyclic amines) is 1. The molecule has 1 aromatic rings. The highest BCUT2D eigenvalue weighted by molar-refractivity contribution is 7.90. The summed E-state index contributed by atoms with van der Waals surface area (Å²) in [5.41, 5.74) is 0. The number of piperidine rings is 1. The molecule has 1 aliphatic heterocycles. The molecule has 0 saturated carbocycles. The van der Waals surface area contributed by atoms with Crippen molar-refractivity contribution in [1.29, 1.82) is 0 Å². The van der Waals surface area contributed by atoms with E-state index in [1.54, 1.807) is 24.3 Å². The second-order valence-corrected chi connectivity index (χ2v) is 9.39. The van der Waals surface area contributed by atoms with E-state index in [9.17, 15) is 8.42 Å². The summed E-state index contributed by atoms with van der Waals surface area (Å²) in [5.74, 6) is 1.45. The van der Waals surface area contributed by atoms with Crippen molar-refractivity contribution < 1.29 is 13.2 Å². The molecule has 0 aromatic heterocycles. The number of hydrogen-bond acceptors (Lipinski definition) is 5. The van der Waals surface area contributed by atoms with Crippen LogP contribution in [0, 0.1) is 0 Å². The Morgan fingerprint density at radius 1 is 1.21 bits per heavy atom. The summed E-state index contributed by atoms with van der Waals surface area (Å²) >= 11 is 0. The quantitative estimate of drug-likeness (QED) is 0.341. The summed E-state index contributed by atoms with van der Waals surface area (Å²) in [6.45, 7) is 9.16. The third-order valence-electron chi connectivity index (χ3n) is 5.14. The average molecular weight is 425 g/mol. The lowest BCUT2D eigenvalue weighted by Crippen LogP contribution is -2.42. The van der Waals surface area contributed by atoms with Crippen LogP contribution in [0.2, 0.25) is 0 Å². The topological polar surface area (TPSA) is 83.0 Å². The van der Waals surface area contributed by atoms with Crippen LogP contribution in [0.25, 0.3) is 0 Å². The fraction of sp³-hybridized carbons (Fsp3) is 0.667. The van der Waals surface area contributed by atoms with Crippen LogP contribution in [-0.4, -0.2) is 70.9 Å². The van der Waals surface area contributed by atoms with E-state index >= 15 is 0 Å². The Balaban J connectivity index is 1.74. The minimum atomic E-state index is -3.18. The van der Waals surface area contributed by atoms with Gasteiger partial charge in [0.25, 0.3) is 0 Å². The fourth-order valence-corrected chi connectivity index (χ4v) is 4.20. The van der Waals surface area contributed by atoms with Crippen molar-refractivity contribution in [2.75, 3.05) is 45.6 Å². The van der Waals surface area contributed by atoms with E-state index in [2.05, 4.69) is 29.4 Å². The van der Waals surface area contributed by atoms with Gasteiger partial charge in [-0.2, -0.15) is 0 Å². The maximum absolute atomic E-state index is 11.5. The summed E-state index contributed by atoms with van der Waals surface area (Å²) < 4.78 is 28.7. The molecule has 0 amide bonds. The van der Waals surface area contributed by atoms with Crippen molar-refractivity contribution in [3.63, 3.8) is 0 Å². The van der Waals surface area contributed by atoms with Gasteiger partial charge < -0.3 is 15.4 Å². The van der Waals surface area contributed by atoms with Gasteiger partial charge in [0.15, 0.2) is 15.8 Å². The van der Waals surface area contributed by atoms with Crippen LogP contribution in [0.3, 0.4) is 0 Å². The highest BCUT2D eigenvalue weighted by Crippen LogP contribution is 2.18. The standard InChI is InChI=1S/C21H36N4O3S/c1-4-18-8-6-7-15-25(18)16-13-23-21(22-5-2)24-14-17-28-19-9-11-20(12-10-19)29(3,26)27/h9-12,18H,4-8,13-17H2,1-3H3,(H2,22,23,24). The zero-order valence-electron chi connectivity index (χ0n) is 18.0. The molecule has 1 aromatic carbocycles. The summed E-state index contributed by atoms with van der Waals surface area (Å²) in [4.78, 5) is 7.55. The molecule has 1 fully saturated rings. The van der Waals surface area contributed by atoms with Crippen LogP contribution < -0.4 is 15.4 Å². The van der Waals surface area contributed by atoms with E-state index < -0.39 is 9.84 Å². The monoisotopic (exact) mass is 424 g/mol. The smallest absolute Gasteiger partial charge is 0.191 e. The molecule has 1 unspecified atom stereocenters. The molecule has 1 aliphatic rings. The van der Waals surface area contributed by atoms with E-state index in [1.807, 2.05) is 0 Å². The number of nitrogens with zero attached hydrogens (tertiary/aromatic N) is 2. The zero-order valence-corrected chi connectivity index (χ0v) is 18.8. The van der Waals surface area contributed by atoms with Crippen molar-refractivity contribution in [1.82, 2.24) is 15.5 Å². The molecular formula is C21H36N4O3S. The molecule has 7 nitrogen and oxygen atoms in total. The number of nitrogens with one attached hydrogen (secondary N) is 2. The van der Waals surface area contributed by atoms with E-state index in [0.717, 1.165) is 25.6 Å². The minimum Gasteiger partial charge on any atom is -0.492 e. The molecule has 2 N–H and O–H groups in total. The van der Waals surface area contributed by atoms with Gasteiger partial charge >= 0.3 is 0 Å². The Kier molecular flexibility index (Phi) is 9.73. The minimum absolute atomic E-state index is 0.295. The second kappa shape index (κ2) is 12.0. The maximum atomic E-state index is 11.5. The zero-order chi connectivity index (χ0) is 21.1. The third-order valence-corrected chi connectivity index (χ3v) is 6.27. The van der Waals surface area contributed by atoms with E-state index in [4.69, 9.17) is 9.73 Å². The number of benzene rings is 1. The first-order chi connectivity index (χ1) is 13.9. The fourth-order valence-electron chi connectivity index (χ4n) is 3.57. The molecule has 0 bridgehead atoms. The number of guanidine groups is 1. The van der Waals surface area contributed by atoms with Gasteiger partial charge in [-0.1, -0.05) is 13.3 Å². The summed E-state index contributed by atoms with van der Waals surface area (Å²) in [6.07, 6.45) is 6.36. The summed E-state index contributed by atoms with van der Waals surface area (Å²) in [6, 6.07) is 7.19. The second-order valence-electron chi connectivity index (χ2n) is 7.37. The van der Waals surface area contributed by atoms with Gasteiger partial charge in [-0.25, -0.2) is 8.42 Å². The third kappa shape index (κ3) is 8.22. The first-order valence-electron chi connectivity index (χ1n) is 10.6. The highest BCUT2D eigenvalue weighted by Gasteiger charge is 2.19. The number of hydrogen-bond donors (Lipinski definition) is 2. The van der Waals surface area contributed by atoms with Gasteiger partial charge in [0, 0.05) is 25.4 Å². The molecule has 1 saturated heterocycles. The molecule has 1 heterocycles. The van der Waals surface area contributed by atoms with Gasteiger partial charge in [0.2, 0.25) is 0 Å². The molecule has 0 radical (unpaired) electrons. The average Bonchev–Trinajstić information content (AvgIpc) is 2.71. The molecule has 164 valence electrons. The molecule has 8 heteroatoms. The van der Waals surface area contributed by atoms with Crippen LogP contribution in [0.5, 0.6) is 5.75 Å². The van der Waals surface area contributed by atoms with Crippen LogP contribution in [0.1, 0.15) is 39.5 Å². The van der Waals surface area contributed by atoms with Crippen LogP contribution in [-0.2, 0) is 9.84 Å². The largest absolute Gasteiger partial charge is 0.492 e. The Bertz CT molecular complexity index is 735. The Labute approximate surface area is 175 Å². The SMILES string of the molecule is CCNC(=NCCN1CCCCC1CC)NCCOc1ccc(S(C)(=O)=O)cc1. The van der Waals surface area contributed by atoms with Crippen LogP contribution >= 0.6 is 0 Å². The Hall–Kier alpha value is -1.80. The number of aliphatic imine (C=N–C) groups is 1.